The van der Waals surface area contributed by atoms with Crippen LogP contribution in [0.2, 0.25) is 0 Å². The third-order valence-electron chi connectivity index (χ3n) is 4.99. The molecule has 1 aliphatic heterocycles. The van der Waals surface area contributed by atoms with Crippen LogP contribution >= 0.6 is 34.0 Å². The number of hydrogen-bond acceptors (Lipinski definition) is 10. The summed E-state index contributed by atoms with van der Waals surface area (Å²) >= 11 is 0. The minimum Gasteiger partial charge on any atom is -0.459 e. The van der Waals surface area contributed by atoms with Gasteiger partial charge in [-0.15, -0.1) is 34.0 Å². The Hall–Kier alpha value is -0.790. The van der Waals surface area contributed by atoms with E-state index in [-0.39, 0.29) is 71.5 Å². The first-order chi connectivity index (χ1) is 16.4. The van der Waals surface area contributed by atoms with Crippen molar-refractivity contribution >= 4 is 51.9 Å². The van der Waals surface area contributed by atoms with E-state index in [1.165, 1.54) is 0 Å². The van der Waals surface area contributed by atoms with Gasteiger partial charge in [-0.1, -0.05) is 0 Å². The number of carbonyl (C=O) groups is 3. The fraction of sp³-hybridized carbons (Fsp3) is 0.885. The first-order valence-corrected chi connectivity index (χ1v) is 13.0. The van der Waals surface area contributed by atoms with Crippen LogP contribution in [0, 0.1) is 0 Å². The van der Waals surface area contributed by atoms with E-state index in [1.54, 1.807) is 0 Å². The molecule has 1 rings (SSSR count). The van der Waals surface area contributed by atoms with Gasteiger partial charge < -0.3 is 19.5 Å². The second-order valence-corrected chi connectivity index (χ2v) is 12.3. The lowest BCUT2D eigenvalue weighted by Gasteiger charge is -2.32. The van der Waals surface area contributed by atoms with Gasteiger partial charge >= 0.3 is 17.9 Å². The summed E-state index contributed by atoms with van der Waals surface area (Å²) in [6.45, 7) is 22.2. The lowest BCUT2D eigenvalue weighted by molar-refractivity contribution is -0.158. The van der Waals surface area contributed by atoms with Crippen LogP contribution in [-0.4, -0.2) is 121 Å². The van der Waals surface area contributed by atoms with Crippen molar-refractivity contribution < 1.29 is 28.6 Å². The van der Waals surface area contributed by atoms with E-state index >= 15 is 0 Å². The van der Waals surface area contributed by atoms with Crippen molar-refractivity contribution in [2.75, 3.05) is 72.0 Å². The van der Waals surface area contributed by atoms with Gasteiger partial charge in [0.1, 0.15) is 16.8 Å². The van der Waals surface area contributed by atoms with Crippen molar-refractivity contribution in [3.8, 4) is 0 Å². The summed E-state index contributed by atoms with van der Waals surface area (Å²) in [4.78, 5) is 43.6. The largest absolute Gasteiger partial charge is 0.459 e. The van der Waals surface area contributed by atoms with Gasteiger partial charge in [-0.25, -0.2) is 0 Å². The second-order valence-electron chi connectivity index (χ2n) is 12.3. The molecule has 0 aromatic carbocycles. The van der Waals surface area contributed by atoms with Gasteiger partial charge in [0.25, 0.3) is 0 Å². The molecule has 12 heteroatoms. The number of hydrogen-bond donors (Lipinski definition) is 1. The maximum atomic E-state index is 12.6. The van der Waals surface area contributed by atoms with Crippen LogP contribution in [0.1, 0.15) is 62.3 Å². The van der Waals surface area contributed by atoms with Gasteiger partial charge in [0, 0.05) is 52.4 Å². The molecule has 0 aromatic heterocycles. The summed E-state index contributed by atoms with van der Waals surface area (Å²) in [5.41, 5.74) is -1.65. The first-order valence-electron chi connectivity index (χ1n) is 13.0. The molecule has 226 valence electrons. The summed E-state index contributed by atoms with van der Waals surface area (Å²) in [5, 5.41) is 3.40. The van der Waals surface area contributed by atoms with Crippen LogP contribution in [0.15, 0.2) is 0 Å². The van der Waals surface area contributed by atoms with E-state index < -0.39 is 16.8 Å². The molecular formula is C26H52Br2N4O6. The molecule has 1 fully saturated rings. The Bertz CT molecular complexity index is 676. The second kappa shape index (κ2) is 17.8. The van der Waals surface area contributed by atoms with Gasteiger partial charge in [-0.05, 0) is 62.3 Å². The monoisotopic (exact) mass is 674 g/mol. The average Bonchev–Trinajstić information content (AvgIpc) is 2.63. The van der Waals surface area contributed by atoms with E-state index in [1.807, 2.05) is 77.0 Å². The number of rotatable bonds is 6. The molecule has 10 nitrogen and oxygen atoms in total. The zero-order chi connectivity index (χ0) is 27.6. The molecule has 1 N–H and O–H groups in total. The third-order valence-corrected chi connectivity index (χ3v) is 4.99. The fourth-order valence-corrected chi connectivity index (χ4v) is 3.64. The fourth-order valence-electron chi connectivity index (χ4n) is 3.64. The SMILES string of the molecule is Br.Br.CC(C)(C)OC(=O)CN1CCNCCN(CC(=O)OC(C)(C)C)CCN(CC(=O)OC(C)(C)C)CC1. The normalized spacial score (nSPS) is 17.6. The summed E-state index contributed by atoms with van der Waals surface area (Å²) in [7, 11) is 0. The topological polar surface area (TPSA) is 101 Å². The average molecular weight is 677 g/mol. The summed E-state index contributed by atoms with van der Waals surface area (Å²) in [6, 6.07) is 0. The van der Waals surface area contributed by atoms with Crippen LogP contribution in [0.5, 0.6) is 0 Å². The highest BCUT2D eigenvalue weighted by Gasteiger charge is 2.24. The lowest BCUT2D eigenvalue weighted by atomic mass is 10.2. The maximum absolute atomic E-state index is 12.6. The minimum absolute atomic E-state index is 0. The molecule has 1 heterocycles. The van der Waals surface area contributed by atoms with Crippen LogP contribution in [0.4, 0.5) is 0 Å². The molecule has 0 bridgehead atoms. The molecule has 0 aliphatic carbocycles. The predicted octanol–water partition coefficient (Wildman–Crippen LogP) is 2.68. The minimum atomic E-state index is -0.569. The maximum Gasteiger partial charge on any atom is 0.320 e. The van der Waals surface area contributed by atoms with Gasteiger partial charge in [0.2, 0.25) is 0 Å². The van der Waals surface area contributed by atoms with Crippen molar-refractivity contribution in [1.29, 1.82) is 0 Å². The third kappa shape index (κ3) is 21.1. The highest BCUT2D eigenvalue weighted by molar-refractivity contribution is 8.93. The molecule has 0 saturated carbocycles. The molecule has 38 heavy (non-hydrogen) atoms. The summed E-state index contributed by atoms with van der Waals surface area (Å²) in [6.07, 6.45) is 0. The number of carbonyl (C=O) groups excluding carboxylic acids is 3. The molecule has 0 aromatic rings. The van der Waals surface area contributed by atoms with Gasteiger partial charge in [0.05, 0.1) is 19.6 Å². The molecule has 1 saturated heterocycles. The van der Waals surface area contributed by atoms with Gasteiger partial charge in [-0.2, -0.15) is 0 Å². The van der Waals surface area contributed by atoms with Crippen molar-refractivity contribution in [3.63, 3.8) is 0 Å². The van der Waals surface area contributed by atoms with Crippen molar-refractivity contribution in [3.05, 3.63) is 0 Å². The number of nitrogens with one attached hydrogen (secondary N) is 1. The molecule has 0 atom stereocenters. The van der Waals surface area contributed by atoms with Crippen molar-refractivity contribution in [2.24, 2.45) is 0 Å². The van der Waals surface area contributed by atoms with E-state index in [0.717, 1.165) is 0 Å². The van der Waals surface area contributed by atoms with Crippen LogP contribution in [0.3, 0.4) is 0 Å². The van der Waals surface area contributed by atoms with Crippen molar-refractivity contribution in [2.45, 2.75) is 79.1 Å². The number of ether oxygens (including phenoxy) is 3. The number of halogens is 2. The Morgan fingerprint density at radius 3 is 1.00 bits per heavy atom. The van der Waals surface area contributed by atoms with Crippen LogP contribution in [0.25, 0.3) is 0 Å². The Kier molecular flexibility index (Phi) is 18.4. The summed E-state index contributed by atoms with van der Waals surface area (Å²) in [5.74, 6) is -0.831. The zero-order valence-electron chi connectivity index (χ0n) is 24.9. The first kappa shape index (κ1) is 39.4. The van der Waals surface area contributed by atoms with E-state index in [0.29, 0.717) is 52.4 Å². The molecule has 0 amide bonds. The molecule has 0 spiro atoms. The standard InChI is InChI=1S/C26H50N4O6.2BrH/c1-24(2,3)34-21(31)18-28-12-10-27-11-13-29(19-22(32)35-25(4,5)6)15-17-30(16-14-28)20-23(33)36-26(7,8)9;;/h27H,10-20H2,1-9H3;2*1H. The van der Waals surface area contributed by atoms with Gasteiger partial charge in [-0.3, -0.25) is 29.1 Å². The Labute approximate surface area is 251 Å². The Morgan fingerprint density at radius 1 is 0.526 bits per heavy atom. The number of esters is 3. The van der Waals surface area contributed by atoms with Gasteiger partial charge in [0.15, 0.2) is 0 Å². The van der Waals surface area contributed by atoms with Crippen LogP contribution in [-0.2, 0) is 28.6 Å². The molecule has 1 aliphatic rings. The van der Waals surface area contributed by atoms with Crippen molar-refractivity contribution in [1.82, 2.24) is 20.0 Å². The number of nitrogens with zero attached hydrogens (tertiary/aromatic N) is 3. The zero-order valence-corrected chi connectivity index (χ0v) is 28.3. The Balaban J connectivity index is 0. The highest BCUT2D eigenvalue weighted by Crippen LogP contribution is 2.10. The summed E-state index contributed by atoms with van der Waals surface area (Å²) < 4.78 is 16.6. The predicted molar refractivity (Wildman–Crippen MR) is 160 cm³/mol. The lowest BCUT2D eigenvalue weighted by Crippen LogP contribution is -2.48. The molecule has 0 unspecified atom stereocenters. The molecular weight excluding hydrogens is 624 g/mol. The van der Waals surface area contributed by atoms with E-state index in [4.69, 9.17) is 14.2 Å². The Morgan fingerprint density at radius 2 is 0.763 bits per heavy atom. The molecule has 0 radical (unpaired) electrons. The highest BCUT2D eigenvalue weighted by atomic mass is 79.9. The van der Waals surface area contributed by atoms with E-state index in [2.05, 4.69) is 5.32 Å². The van der Waals surface area contributed by atoms with E-state index in [9.17, 15) is 14.4 Å². The van der Waals surface area contributed by atoms with Crippen LogP contribution < -0.4 is 5.32 Å². The quantitative estimate of drug-likeness (QED) is 0.334. The smallest absolute Gasteiger partial charge is 0.320 e.